The van der Waals surface area contributed by atoms with Gasteiger partial charge in [-0.1, -0.05) is 13.8 Å². The molecule has 0 unspecified atom stereocenters. The van der Waals surface area contributed by atoms with Gasteiger partial charge >= 0.3 is 0 Å². The van der Waals surface area contributed by atoms with Crippen LogP contribution in [0.4, 0.5) is 0 Å². The second-order valence-corrected chi connectivity index (χ2v) is 3.91. The number of carbonyl (C=O) groups is 2. The summed E-state index contributed by atoms with van der Waals surface area (Å²) < 4.78 is 0. The van der Waals surface area contributed by atoms with Crippen molar-refractivity contribution in [2.24, 2.45) is 5.92 Å². The Labute approximate surface area is 85.6 Å². The quantitative estimate of drug-likeness (QED) is 0.682. The zero-order chi connectivity index (χ0) is 11.3. The molecular weight excluding hydrogens is 178 g/mol. The van der Waals surface area contributed by atoms with E-state index in [1.807, 2.05) is 13.8 Å². The summed E-state index contributed by atoms with van der Waals surface area (Å²) in [7, 11) is 0. The molecule has 0 amide bonds. The van der Waals surface area contributed by atoms with Crippen molar-refractivity contribution in [2.45, 2.75) is 40.7 Å². The molecule has 0 fully saturated rings. The van der Waals surface area contributed by atoms with Crippen molar-refractivity contribution >= 4 is 11.6 Å². The van der Waals surface area contributed by atoms with Gasteiger partial charge in [0.1, 0.15) is 0 Å². The molecule has 0 aliphatic heterocycles. The lowest BCUT2D eigenvalue weighted by Gasteiger charge is -2.20. The largest absolute Gasteiger partial charge is 0.379 e. The molecule has 1 atom stereocenters. The van der Waals surface area contributed by atoms with Crippen molar-refractivity contribution in [2.75, 3.05) is 0 Å². The summed E-state index contributed by atoms with van der Waals surface area (Å²) in [5, 5.41) is 3.04. The minimum Gasteiger partial charge on any atom is -0.379 e. The average Bonchev–Trinajstić information content (AvgIpc) is 1.97. The molecule has 3 nitrogen and oxygen atoms in total. The van der Waals surface area contributed by atoms with Crippen molar-refractivity contribution < 1.29 is 9.59 Å². The van der Waals surface area contributed by atoms with Crippen LogP contribution in [0.3, 0.4) is 0 Å². The molecule has 0 spiro atoms. The van der Waals surface area contributed by atoms with Crippen LogP contribution in [-0.4, -0.2) is 17.6 Å². The minimum absolute atomic E-state index is 0.0129. The summed E-state index contributed by atoms with van der Waals surface area (Å²) >= 11 is 0. The zero-order valence-electron chi connectivity index (χ0n) is 9.55. The lowest BCUT2D eigenvalue weighted by molar-refractivity contribution is -0.119. The van der Waals surface area contributed by atoms with Gasteiger partial charge in [-0.05, 0) is 32.8 Å². The van der Waals surface area contributed by atoms with Crippen LogP contribution in [0, 0.1) is 5.92 Å². The predicted molar refractivity (Wildman–Crippen MR) is 56.9 cm³/mol. The number of allylic oxidation sites excluding steroid dienone is 2. The van der Waals surface area contributed by atoms with E-state index in [1.165, 1.54) is 13.0 Å². The smallest absolute Gasteiger partial charge is 0.154 e. The van der Waals surface area contributed by atoms with Gasteiger partial charge in [0, 0.05) is 5.70 Å². The SMILES string of the molecule is CC(=O)/C=C(\C)N[C@H](C(C)=O)C(C)C. The van der Waals surface area contributed by atoms with Crippen LogP contribution in [0.2, 0.25) is 0 Å². The molecule has 0 heterocycles. The number of nitrogens with one attached hydrogen (secondary N) is 1. The van der Waals surface area contributed by atoms with E-state index in [9.17, 15) is 9.59 Å². The molecule has 0 aliphatic rings. The lowest BCUT2D eigenvalue weighted by Crippen LogP contribution is -2.38. The molecular formula is C11H19NO2. The van der Waals surface area contributed by atoms with Gasteiger partial charge in [-0.15, -0.1) is 0 Å². The Morgan fingerprint density at radius 2 is 1.64 bits per heavy atom. The Hall–Kier alpha value is -1.12. The Morgan fingerprint density at radius 1 is 1.14 bits per heavy atom. The average molecular weight is 197 g/mol. The highest BCUT2D eigenvalue weighted by molar-refractivity contribution is 5.88. The summed E-state index contributed by atoms with van der Waals surface area (Å²) in [6.45, 7) is 8.78. The highest BCUT2D eigenvalue weighted by atomic mass is 16.1. The molecule has 80 valence electrons. The third-order valence-corrected chi connectivity index (χ3v) is 1.91. The summed E-state index contributed by atoms with van der Waals surface area (Å²) in [5.41, 5.74) is 0.742. The standard InChI is InChI=1S/C11H19NO2/c1-7(2)11(10(5)14)12-8(3)6-9(4)13/h6-7,11-12H,1-5H3/b8-6+/t11-/m0/s1. The fourth-order valence-corrected chi connectivity index (χ4v) is 1.33. The van der Waals surface area contributed by atoms with Crippen LogP contribution in [0.25, 0.3) is 0 Å². The molecule has 0 saturated heterocycles. The maximum atomic E-state index is 11.2. The van der Waals surface area contributed by atoms with Crippen LogP contribution >= 0.6 is 0 Å². The van der Waals surface area contributed by atoms with Crippen molar-refractivity contribution in [1.82, 2.24) is 5.32 Å². The van der Waals surface area contributed by atoms with Gasteiger partial charge < -0.3 is 5.32 Å². The maximum Gasteiger partial charge on any atom is 0.154 e. The van der Waals surface area contributed by atoms with Gasteiger partial charge in [0.2, 0.25) is 0 Å². The van der Waals surface area contributed by atoms with Crippen LogP contribution in [0.15, 0.2) is 11.8 Å². The first kappa shape index (κ1) is 12.9. The van der Waals surface area contributed by atoms with E-state index in [2.05, 4.69) is 5.32 Å². The third-order valence-electron chi connectivity index (χ3n) is 1.91. The lowest BCUT2D eigenvalue weighted by atomic mass is 10.0. The minimum atomic E-state index is -0.203. The van der Waals surface area contributed by atoms with E-state index in [1.54, 1.807) is 13.8 Å². The first-order valence-electron chi connectivity index (χ1n) is 4.80. The van der Waals surface area contributed by atoms with Crippen LogP contribution in [-0.2, 0) is 9.59 Å². The van der Waals surface area contributed by atoms with E-state index in [0.29, 0.717) is 0 Å². The molecule has 0 saturated carbocycles. The Kier molecular flexibility index (Phi) is 5.13. The number of rotatable bonds is 5. The van der Waals surface area contributed by atoms with E-state index in [4.69, 9.17) is 0 Å². The fraction of sp³-hybridized carbons (Fsp3) is 0.636. The molecule has 0 aromatic carbocycles. The van der Waals surface area contributed by atoms with Crippen molar-refractivity contribution in [1.29, 1.82) is 0 Å². The molecule has 0 bridgehead atoms. The predicted octanol–water partition coefficient (Wildman–Crippen LogP) is 1.68. The van der Waals surface area contributed by atoms with Crippen molar-refractivity contribution in [3.63, 3.8) is 0 Å². The summed E-state index contributed by atoms with van der Waals surface area (Å²) in [6, 6.07) is -0.203. The van der Waals surface area contributed by atoms with Gasteiger partial charge in [-0.25, -0.2) is 0 Å². The van der Waals surface area contributed by atoms with Crippen molar-refractivity contribution in [3.8, 4) is 0 Å². The van der Waals surface area contributed by atoms with E-state index in [-0.39, 0.29) is 23.5 Å². The first-order valence-corrected chi connectivity index (χ1v) is 4.80. The molecule has 14 heavy (non-hydrogen) atoms. The zero-order valence-corrected chi connectivity index (χ0v) is 9.55. The summed E-state index contributed by atoms with van der Waals surface area (Å²) in [4.78, 5) is 22.0. The second-order valence-electron chi connectivity index (χ2n) is 3.91. The first-order chi connectivity index (χ1) is 6.34. The van der Waals surface area contributed by atoms with Gasteiger partial charge in [0.25, 0.3) is 0 Å². The van der Waals surface area contributed by atoms with Gasteiger partial charge in [0.15, 0.2) is 11.6 Å². The highest BCUT2D eigenvalue weighted by Crippen LogP contribution is 2.05. The molecule has 3 heteroatoms. The maximum absolute atomic E-state index is 11.2. The normalized spacial score (nSPS) is 14.0. The van der Waals surface area contributed by atoms with E-state index >= 15 is 0 Å². The van der Waals surface area contributed by atoms with Gasteiger partial charge in [-0.2, -0.15) is 0 Å². The Morgan fingerprint density at radius 3 is 1.93 bits per heavy atom. The number of ketones is 2. The molecule has 0 rings (SSSR count). The van der Waals surface area contributed by atoms with Crippen LogP contribution < -0.4 is 5.32 Å². The van der Waals surface area contributed by atoms with E-state index < -0.39 is 0 Å². The Bertz CT molecular complexity index is 254. The van der Waals surface area contributed by atoms with Gasteiger partial charge in [0.05, 0.1) is 6.04 Å². The van der Waals surface area contributed by atoms with Crippen LogP contribution in [0.1, 0.15) is 34.6 Å². The second kappa shape index (κ2) is 5.58. The molecule has 0 aromatic heterocycles. The highest BCUT2D eigenvalue weighted by Gasteiger charge is 2.17. The summed E-state index contributed by atoms with van der Waals surface area (Å²) in [6.07, 6.45) is 1.50. The monoisotopic (exact) mass is 197 g/mol. The van der Waals surface area contributed by atoms with E-state index in [0.717, 1.165) is 5.70 Å². The fourth-order valence-electron chi connectivity index (χ4n) is 1.33. The third kappa shape index (κ3) is 4.80. The number of carbonyl (C=O) groups excluding carboxylic acids is 2. The Balaban J connectivity index is 4.46. The molecule has 0 radical (unpaired) electrons. The molecule has 0 aliphatic carbocycles. The number of hydrogen-bond donors (Lipinski definition) is 1. The van der Waals surface area contributed by atoms with Crippen molar-refractivity contribution in [3.05, 3.63) is 11.8 Å². The topological polar surface area (TPSA) is 46.2 Å². The number of Topliss-reactive ketones (excluding diaryl/α,β-unsaturated/α-hetero) is 1. The van der Waals surface area contributed by atoms with Gasteiger partial charge in [-0.3, -0.25) is 9.59 Å². The number of hydrogen-bond acceptors (Lipinski definition) is 3. The molecule has 0 aromatic rings. The summed E-state index contributed by atoms with van der Waals surface area (Å²) in [5.74, 6) is 0.306. The molecule has 1 N–H and O–H groups in total. The van der Waals surface area contributed by atoms with Crippen LogP contribution in [0.5, 0.6) is 0 Å².